The first-order valence-electron chi connectivity index (χ1n) is 5.37. The smallest absolute Gasteiger partial charge is 0.332 e. The minimum Gasteiger partial charge on any atom is -0.350 e. The second-order valence-electron chi connectivity index (χ2n) is 3.52. The number of carbonyl (C=O) groups is 1. The van der Waals surface area contributed by atoms with E-state index >= 15 is 0 Å². The van der Waals surface area contributed by atoms with Gasteiger partial charge in [0, 0.05) is 11.8 Å². The first kappa shape index (κ1) is 11.8. The number of nitrogens with one attached hydrogen (secondary N) is 1. The van der Waals surface area contributed by atoms with Gasteiger partial charge in [-0.1, -0.05) is 36.4 Å². The number of hydrogen-bond donors (Lipinski definition) is 2. The van der Waals surface area contributed by atoms with Crippen molar-refractivity contribution < 1.29 is 4.79 Å². The monoisotopic (exact) mass is 240 g/mol. The Bertz CT molecular complexity index is 510. The summed E-state index contributed by atoms with van der Waals surface area (Å²) in [6.07, 6.45) is 1.66. The van der Waals surface area contributed by atoms with Gasteiger partial charge >= 0.3 is 6.03 Å². The number of carbonyl (C=O) groups excluding carboxylic acids is 1. The van der Waals surface area contributed by atoms with Crippen LogP contribution in [-0.2, 0) is 0 Å². The van der Waals surface area contributed by atoms with E-state index in [2.05, 4.69) is 15.5 Å². The number of pyridine rings is 1. The molecule has 2 rings (SSSR count). The first-order valence-corrected chi connectivity index (χ1v) is 5.37. The molecule has 0 unspecified atom stereocenters. The summed E-state index contributed by atoms with van der Waals surface area (Å²) in [5.74, 6) is 0. The summed E-state index contributed by atoms with van der Waals surface area (Å²) in [6.45, 7) is 0. The summed E-state index contributed by atoms with van der Waals surface area (Å²) < 4.78 is 0. The Balaban J connectivity index is 2.42. The highest BCUT2D eigenvalue weighted by Gasteiger charge is 2.07. The zero-order chi connectivity index (χ0) is 12.8. The number of amides is 2. The van der Waals surface area contributed by atoms with Gasteiger partial charge in [0.25, 0.3) is 0 Å². The van der Waals surface area contributed by atoms with Crippen molar-refractivity contribution in [1.29, 1.82) is 0 Å². The number of aromatic nitrogens is 1. The van der Waals surface area contributed by atoms with Gasteiger partial charge in [-0.25, -0.2) is 10.2 Å². The highest BCUT2D eigenvalue weighted by Crippen LogP contribution is 2.07. The van der Waals surface area contributed by atoms with Crippen molar-refractivity contribution in [3.05, 3.63) is 66.0 Å². The van der Waals surface area contributed by atoms with E-state index in [0.717, 1.165) is 5.56 Å². The third-order valence-electron chi connectivity index (χ3n) is 2.23. The van der Waals surface area contributed by atoms with Crippen molar-refractivity contribution in [3.63, 3.8) is 0 Å². The maximum atomic E-state index is 10.8. The van der Waals surface area contributed by atoms with Crippen LogP contribution in [0.4, 0.5) is 4.79 Å². The summed E-state index contributed by atoms with van der Waals surface area (Å²) in [7, 11) is 0. The largest absolute Gasteiger partial charge is 0.350 e. The highest BCUT2D eigenvalue weighted by atomic mass is 16.2. The van der Waals surface area contributed by atoms with Gasteiger partial charge < -0.3 is 5.73 Å². The number of nitrogens with two attached hydrogens (primary N) is 1. The molecule has 0 bridgehead atoms. The fourth-order valence-corrected chi connectivity index (χ4v) is 1.48. The number of primary amides is 1. The van der Waals surface area contributed by atoms with E-state index in [-0.39, 0.29) is 0 Å². The number of hydrogen-bond acceptors (Lipinski definition) is 3. The van der Waals surface area contributed by atoms with Crippen LogP contribution >= 0.6 is 0 Å². The minimum atomic E-state index is -0.709. The molecule has 0 radical (unpaired) electrons. The van der Waals surface area contributed by atoms with Gasteiger partial charge in [0.2, 0.25) is 0 Å². The SMILES string of the molecule is NC(=O)NN=C(c1ccccc1)c1ccccn1. The minimum absolute atomic E-state index is 0.565. The molecule has 0 aliphatic carbocycles. The van der Waals surface area contributed by atoms with E-state index in [9.17, 15) is 4.79 Å². The average Bonchev–Trinajstić information content (AvgIpc) is 2.41. The molecule has 0 saturated carbocycles. The van der Waals surface area contributed by atoms with Crippen LogP contribution in [0.5, 0.6) is 0 Å². The molecule has 1 aromatic heterocycles. The summed E-state index contributed by atoms with van der Waals surface area (Å²) in [4.78, 5) is 15.0. The fraction of sp³-hybridized carbons (Fsp3) is 0. The standard InChI is InChI=1S/C13H12N4O/c14-13(18)17-16-12(10-6-2-1-3-7-10)11-8-4-5-9-15-11/h1-9H,(H3,14,17,18). The van der Waals surface area contributed by atoms with E-state index in [4.69, 9.17) is 5.73 Å². The molecule has 0 fully saturated rings. The van der Waals surface area contributed by atoms with E-state index in [1.54, 1.807) is 6.20 Å². The van der Waals surface area contributed by atoms with Crippen LogP contribution in [0.2, 0.25) is 0 Å². The lowest BCUT2D eigenvalue weighted by molar-refractivity contribution is 0.249. The molecule has 0 aliphatic rings. The highest BCUT2D eigenvalue weighted by molar-refractivity contribution is 6.11. The van der Waals surface area contributed by atoms with E-state index in [1.165, 1.54) is 0 Å². The fourth-order valence-electron chi connectivity index (χ4n) is 1.48. The Morgan fingerprint density at radius 3 is 2.44 bits per heavy atom. The van der Waals surface area contributed by atoms with Crippen LogP contribution in [0, 0.1) is 0 Å². The Morgan fingerprint density at radius 2 is 1.83 bits per heavy atom. The quantitative estimate of drug-likeness (QED) is 0.629. The number of urea groups is 1. The molecular formula is C13H12N4O. The molecule has 5 heteroatoms. The summed E-state index contributed by atoms with van der Waals surface area (Å²) in [5.41, 5.74) is 9.33. The number of rotatable bonds is 3. The van der Waals surface area contributed by atoms with Crippen LogP contribution in [0.15, 0.2) is 59.8 Å². The normalized spacial score (nSPS) is 11.0. The number of nitrogens with zero attached hydrogens (tertiary/aromatic N) is 2. The van der Waals surface area contributed by atoms with Gasteiger partial charge in [-0.3, -0.25) is 4.98 Å². The van der Waals surface area contributed by atoms with Gasteiger partial charge in [-0.2, -0.15) is 5.10 Å². The summed E-state index contributed by atoms with van der Waals surface area (Å²) >= 11 is 0. The molecule has 3 N–H and O–H groups in total. The van der Waals surface area contributed by atoms with Crippen molar-refractivity contribution >= 4 is 11.7 Å². The van der Waals surface area contributed by atoms with Crippen LogP contribution in [-0.4, -0.2) is 16.7 Å². The molecule has 5 nitrogen and oxygen atoms in total. The van der Waals surface area contributed by atoms with Crippen molar-refractivity contribution in [2.24, 2.45) is 10.8 Å². The zero-order valence-corrected chi connectivity index (χ0v) is 9.58. The predicted octanol–water partition coefficient (Wildman–Crippen LogP) is 1.50. The molecule has 1 heterocycles. The van der Waals surface area contributed by atoms with Crippen LogP contribution in [0.1, 0.15) is 11.3 Å². The molecule has 2 amide bonds. The van der Waals surface area contributed by atoms with Gasteiger partial charge in [0.1, 0.15) is 5.71 Å². The Hall–Kier alpha value is -2.69. The molecule has 18 heavy (non-hydrogen) atoms. The predicted molar refractivity (Wildman–Crippen MR) is 69.0 cm³/mol. The number of hydrazone groups is 1. The van der Waals surface area contributed by atoms with Crippen molar-refractivity contribution in [1.82, 2.24) is 10.4 Å². The molecule has 1 aromatic carbocycles. The van der Waals surface area contributed by atoms with E-state index in [0.29, 0.717) is 11.4 Å². The van der Waals surface area contributed by atoms with Crippen LogP contribution < -0.4 is 11.2 Å². The third-order valence-corrected chi connectivity index (χ3v) is 2.23. The lowest BCUT2D eigenvalue weighted by atomic mass is 10.1. The second-order valence-corrected chi connectivity index (χ2v) is 3.52. The van der Waals surface area contributed by atoms with Gasteiger partial charge in [-0.15, -0.1) is 0 Å². The molecule has 0 saturated heterocycles. The van der Waals surface area contributed by atoms with E-state index in [1.807, 2.05) is 48.5 Å². The third kappa shape index (κ3) is 2.91. The Kier molecular flexibility index (Phi) is 3.66. The maximum absolute atomic E-state index is 10.8. The molecule has 90 valence electrons. The topological polar surface area (TPSA) is 80.4 Å². The zero-order valence-electron chi connectivity index (χ0n) is 9.58. The maximum Gasteiger partial charge on any atom is 0.332 e. The lowest BCUT2D eigenvalue weighted by Gasteiger charge is -2.05. The van der Waals surface area contributed by atoms with Crippen molar-refractivity contribution in [2.45, 2.75) is 0 Å². The van der Waals surface area contributed by atoms with Gasteiger partial charge in [-0.05, 0) is 12.1 Å². The molecule has 0 aliphatic heterocycles. The Labute approximate surface area is 104 Å². The van der Waals surface area contributed by atoms with Gasteiger partial charge in [0.05, 0.1) is 5.69 Å². The van der Waals surface area contributed by atoms with Crippen LogP contribution in [0.3, 0.4) is 0 Å². The lowest BCUT2D eigenvalue weighted by Crippen LogP contribution is -2.26. The Morgan fingerprint density at radius 1 is 1.11 bits per heavy atom. The van der Waals surface area contributed by atoms with Crippen molar-refractivity contribution in [3.8, 4) is 0 Å². The van der Waals surface area contributed by atoms with E-state index < -0.39 is 6.03 Å². The second kappa shape index (κ2) is 5.58. The molecular weight excluding hydrogens is 228 g/mol. The molecule has 0 spiro atoms. The first-order chi connectivity index (χ1) is 8.77. The summed E-state index contributed by atoms with van der Waals surface area (Å²) in [6, 6.07) is 14.2. The average molecular weight is 240 g/mol. The van der Waals surface area contributed by atoms with Crippen molar-refractivity contribution in [2.75, 3.05) is 0 Å². The molecule has 0 atom stereocenters. The van der Waals surface area contributed by atoms with Gasteiger partial charge in [0.15, 0.2) is 0 Å². The summed E-state index contributed by atoms with van der Waals surface area (Å²) in [5, 5.41) is 3.99. The number of benzene rings is 1. The van der Waals surface area contributed by atoms with Crippen LogP contribution in [0.25, 0.3) is 0 Å². The molecule has 2 aromatic rings.